The lowest BCUT2D eigenvalue weighted by Gasteiger charge is -2.26. The van der Waals surface area contributed by atoms with E-state index in [1.165, 1.54) is 30.3 Å². The van der Waals surface area contributed by atoms with Gasteiger partial charge in [-0.15, -0.1) is 0 Å². The van der Waals surface area contributed by atoms with Crippen LogP contribution in [0.1, 0.15) is 15.9 Å². The third-order valence-corrected chi connectivity index (χ3v) is 4.60. The van der Waals surface area contributed by atoms with E-state index in [1.807, 2.05) is 36.4 Å². The number of rotatable bonds is 3. The fourth-order valence-corrected chi connectivity index (χ4v) is 3.18. The average molecular weight is 386 g/mol. The monoisotopic (exact) mass is 386 g/mol. The van der Waals surface area contributed by atoms with Crippen LogP contribution in [0.3, 0.4) is 0 Å². The van der Waals surface area contributed by atoms with Crippen LogP contribution >= 0.6 is 0 Å². The number of hydrogen-bond acceptors (Lipinski definition) is 4. The maximum atomic E-state index is 13.0. The zero-order valence-corrected chi connectivity index (χ0v) is 15.0. The lowest BCUT2D eigenvalue weighted by Crippen LogP contribution is -2.54. The molecule has 1 aliphatic heterocycles. The van der Waals surface area contributed by atoms with Crippen molar-refractivity contribution in [2.45, 2.75) is 0 Å². The average Bonchev–Trinajstić information content (AvgIpc) is 2.71. The molecule has 3 aromatic rings. The molecule has 0 radical (unpaired) electrons. The maximum absolute atomic E-state index is 13.0. The number of carboxylic acids is 1. The van der Waals surface area contributed by atoms with E-state index in [-0.39, 0.29) is 16.8 Å². The first-order valence-electron chi connectivity index (χ1n) is 8.68. The first-order chi connectivity index (χ1) is 14.0. The van der Waals surface area contributed by atoms with Gasteiger partial charge < -0.3 is 5.11 Å². The summed E-state index contributed by atoms with van der Waals surface area (Å²) in [6.45, 7) is 0. The molecule has 0 aromatic heterocycles. The van der Waals surface area contributed by atoms with E-state index in [4.69, 9.17) is 5.11 Å². The van der Waals surface area contributed by atoms with Gasteiger partial charge in [0.2, 0.25) is 0 Å². The molecule has 0 bridgehead atoms. The first-order valence-corrected chi connectivity index (χ1v) is 8.68. The van der Waals surface area contributed by atoms with Crippen molar-refractivity contribution in [1.29, 1.82) is 0 Å². The SMILES string of the molecule is O=C1NC(=O)N(c2ccc(C(=O)O)cc2)C(=O)/C1=C\c1cccc2ccccc12. The standard InChI is InChI=1S/C22H14N2O5/c25-19-18(12-15-6-3-5-13-4-1-2-7-17(13)15)20(26)24(22(29)23-19)16-10-8-14(9-11-16)21(27)28/h1-12H,(H,27,28)(H,23,25,29)/b18-12-. The van der Waals surface area contributed by atoms with Gasteiger partial charge in [0.15, 0.2) is 0 Å². The highest BCUT2D eigenvalue weighted by atomic mass is 16.4. The van der Waals surface area contributed by atoms with Crippen molar-refractivity contribution in [1.82, 2.24) is 5.32 Å². The molecule has 3 aromatic carbocycles. The summed E-state index contributed by atoms with van der Waals surface area (Å²) in [5, 5.41) is 13.0. The van der Waals surface area contributed by atoms with Gasteiger partial charge in [0.25, 0.3) is 11.8 Å². The third kappa shape index (κ3) is 3.25. The summed E-state index contributed by atoms with van der Waals surface area (Å²) in [6, 6.07) is 17.4. The van der Waals surface area contributed by atoms with E-state index < -0.39 is 23.8 Å². The van der Waals surface area contributed by atoms with Crippen LogP contribution in [0.4, 0.5) is 10.5 Å². The number of barbiturate groups is 1. The molecule has 1 heterocycles. The van der Waals surface area contributed by atoms with Crippen molar-refractivity contribution in [3.63, 3.8) is 0 Å². The van der Waals surface area contributed by atoms with E-state index >= 15 is 0 Å². The van der Waals surface area contributed by atoms with Gasteiger partial charge in [-0.1, -0.05) is 42.5 Å². The summed E-state index contributed by atoms with van der Waals surface area (Å²) < 4.78 is 0. The molecule has 0 unspecified atom stereocenters. The minimum atomic E-state index is -1.13. The molecular weight excluding hydrogens is 372 g/mol. The van der Waals surface area contributed by atoms with Crippen LogP contribution in [0.15, 0.2) is 72.3 Å². The number of benzene rings is 3. The Morgan fingerprint density at radius 2 is 1.59 bits per heavy atom. The molecule has 1 saturated heterocycles. The number of carboxylic acid groups (broad SMARTS) is 1. The van der Waals surface area contributed by atoms with Crippen LogP contribution in [-0.2, 0) is 9.59 Å². The van der Waals surface area contributed by atoms with E-state index in [0.717, 1.165) is 15.7 Å². The number of imide groups is 2. The van der Waals surface area contributed by atoms with Gasteiger partial charge in [-0.3, -0.25) is 14.9 Å². The van der Waals surface area contributed by atoms with Gasteiger partial charge in [-0.25, -0.2) is 14.5 Å². The van der Waals surface area contributed by atoms with Gasteiger partial charge in [-0.05, 0) is 46.7 Å². The highest BCUT2D eigenvalue weighted by molar-refractivity contribution is 6.39. The molecule has 1 fully saturated rings. The third-order valence-electron chi connectivity index (χ3n) is 4.60. The summed E-state index contributed by atoms with van der Waals surface area (Å²) in [4.78, 5) is 49.4. The fraction of sp³-hybridized carbons (Fsp3) is 0. The van der Waals surface area contributed by atoms with Crippen molar-refractivity contribution in [3.05, 3.63) is 83.4 Å². The van der Waals surface area contributed by atoms with E-state index in [2.05, 4.69) is 5.32 Å². The molecule has 7 heteroatoms. The Balaban J connectivity index is 1.77. The second kappa shape index (κ2) is 7.05. The number of nitrogens with one attached hydrogen (secondary N) is 1. The Morgan fingerprint density at radius 3 is 2.31 bits per heavy atom. The van der Waals surface area contributed by atoms with Crippen molar-refractivity contribution in [2.75, 3.05) is 4.90 Å². The molecule has 0 saturated carbocycles. The van der Waals surface area contributed by atoms with Gasteiger partial charge in [0.05, 0.1) is 11.3 Å². The number of carbonyl (C=O) groups is 4. The minimum absolute atomic E-state index is 0.0150. The molecule has 7 nitrogen and oxygen atoms in total. The maximum Gasteiger partial charge on any atom is 0.335 e. The lowest BCUT2D eigenvalue weighted by molar-refractivity contribution is -0.122. The number of aromatic carboxylic acids is 1. The fourth-order valence-electron chi connectivity index (χ4n) is 3.18. The zero-order chi connectivity index (χ0) is 20.5. The van der Waals surface area contributed by atoms with Gasteiger partial charge in [-0.2, -0.15) is 0 Å². The Kier molecular flexibility index (Phi) is 4.40. The highest BCUT2D eigenvalue weighted by Gasteiger charge is 2.36. The Hall–Kier alpha value is -4.26. The number of anilines is 1. The van der Waals surface area contributed by atoms with E-state index in [0.29, 0.717) is 5.56 Å². The molecule has 29 heavy (non-hydrogen) atoms. The highest BCUT2D eigenvalue weighted by Crippen LogP contribution is 2.25. The summed E-state index contributed by atoms with van der Waals surface area (Å²) in [5.41, 5.74) is 0.649. The number of urea groups is 1. The van der Waals surface area contributed by atoms with Crippen LogP contribution < -0.4 is 10.2 Å². The number of nitrogens with zero attached hydrogens (tertiary/aromatic N) is 1. The summed E-state index contributed by atoms with van der Waals surface area (Å²) in [5.74, 6) is -2.70. The second-order valence-corrected chi connectivity index (χ2v) is 6.38. The van der Waals surface area contributed by atoms with Crippen LogP contribution in [-0.4, -0.2) is 28.9 Å². The predicted octanol–water partition coefficient (Wildman–Crippen LogP) is 3.20. The molecule has 1 aliphatic rings. The quantitative estimate of drug-likeness (QED) is 0.531. The Labute approximate surface area is 164 Å². The van der Waals surface area contributed by atoms with E-state index in [1.54, 1.807) is 6.07 Å². The zero-order valence-electron chi connectivity index (χ0n) is 15.0. The topological polar surface area (TPSA) is 104 Å². The van der Waals surface area contributed by atoms with Crippen molar-refractivity contribution in [2.24, 2.45) is 0 Å². The van der Waals surface area contributed by atoms with Gasteiger partial charge in [0.1, 0.15) is 5.57 Å². The molecule has 142 valence electrons. The molecule has 0 aliphatic carbocycles. The predicted molar refractivity (Wildman–Crippen MR) is 106 cm³/mol. The first kappa shape index (κ1) is 18.1. The Morgan fingerprint density at radius 1 is 0.897 bits per heavy atom. The molecule has 4 amide bonds. The second-order valence-electron chi connectivity index (χ2n) is 6.38. The molecular formula is C22H14N2O5. The summed E-state index contributed by atoms with van der Waals surface area (Å²) in [7, 11) is 0. The van der Waals surface area contributed by atoms with Crippen molar-refractivity contribution >= 4 is 46.4 Å². The Bertz CT molecular complexity index is 1210. The number of fused-ring (bicyclic) bond motifs is 1. The van der Waals surface area contributed by atoms with Crippen LogP contribution in [0.5, 0.6) is 0 Å². The van der Waals surface area contributed by atoms with Gasteiger partial charge in [0, 0.05) is 0 Å². The molecule has 0 spiro atoms. The van der Waals surface area contributed by atoms with Gasteiger partial charge >= 0.3 is 12.0 Å². The van der Waals surface area contributed by atoms with Crippen LogP contribution in [0, 0.1) is 0 Å². The number of amides is 4. The molecule has 2 N–H and O–H groups in total. The number of hydrogen-bond donors (Lipinski definition) is 2. The van der Waals surface area contributed by atoms with E-state index in [9.17, 15) is 19.2 Å². The van der Waals surface area contributed by atoms with Crippen LogP contribution in [0.25, 0.3) is 16.8 Å². The van der Waals surface area contributed by atoms with Crippen molar-refractivity contribution in [3.8, 4) is 0 Å². The summed E-state index contributed by atoms with van der Waals surface area (Å²) >= 11 is 0. The van der Waals surface area contributed by atoms with Crippen molar-refractivity contribution < 1.29 is 24.3 Å². The largest absolute Gasteiger partial charge is 0.478 e. The minimum Gasteiger partial charge on any atom is -0.478 e. The molecule has 0 atom stereocenters. The summed E-state index contributed by atoms with van der Waals surface area (Å²) in [6.07, 6.45) is 1.45. The normalized spacial score (nSPS) is 15.7. The number of carbonyl (C=O) groups excluding carboxylic acids is 3. The smallest absolute Gasteiger partial charge is 0.335 e. The molecule has 4 rings (SSSR count). The lowest BCUT2D eigenvalue weighted by atomic mass is 10.0. The van der Waals surface area contributed by atoms with Crippen LogP contribution in [0.2, 0.25) is 0 Å².